The Morgan fingerprint density at radius 3 is 2.79 bits per heavy atom. The minimum atomic E-state index is 0.0816. The van der Waals surface area contributed by atoms with Crippen molar-refractivity contribution in [2.24, 2.45) is 11.8 Å². The molecule has 1 aliphatic carbocycles. The Hall–Kier alpha value is -1.30. The Morgan fingerprint density at radius 1 is 1.43 bits per heavy atom. The van der Waals surface area contributed by atoms with Crippen LogP contribution in [0.5, 0.6) is 0 Å². The van der Waals surface area contributed by atoms with Gasteiger partial charge in [0.25, 0.3) is 0 Å². The summed E-state index contributed by atoms with van der Waals surface area (Å²) in [5.41, 5.74) is 0. The van der Waals surface area contributed by atoms with Crippen molar-refractivity contribution in [2.45, 2.75) is 19.3 Å². The second kappa shape index (κ2) is 3.83. The summed E-state index contributed by atoms with van der Waals surface area (Å²) in [7, 11) is 0. The summed E-state index contributed by atoms with van der Waals surface area (Å²) in [6, 6.07) is 2.18. The van der Waals surface area contributed by atoms with Gasteiger partial charge >= 0.3 is 0 Å². The number of carbonyl (C=O) groups is 1. The van der Waals surface area contributed by atoms with Crippen molar-refractivity contribution < 1.29 is 4.79 Å². The van der Waals surface area contributed by atoms with Crippen LogP contribution in [0, 0.1) is 23.2 Å². The zero-order valence-corrected chi connectivity index (χ0v) is 8.15. The van der Waals surface area contributed by atoms with Crippen LogP contribution in [-0.4, -0.2) is 23.9 Å². The molecule has 14 heavy (non-hydrogen) atoms. The third-order valence-corrected chi connectivity index (χ3v) is 2.99. The molecule has 0 aromatic heterocycles. The fourth-order valence-electron chi connectivity index (χ4n) is 2.02. The van der Waals surface area contributed by atoms with Crippen LogP contribution in [0.4, 0.5) is 0 Å². The van der Waals surface area contributed by atoms with Crippen molar-refractivity contribution in [3.8, 4) is 6.07 Å². The number of rotatable bonds is 1. The van der Waals surface area contributed by atoms with Gasteiger partial charge in [0.05, 0.1) is 12.0 Å². The number of nitrogens with zero attached hydrogens (tertiary/aromatic N) is 2. The SMILES string of the molecule is N#CC1CN(C(=O)[C@@H]2CC=CCC2)C1. The van der Waals surface area contributed by atoms with Gasteiger partial charge in [0.2, 0.25) is 5.91 Å². The van der Waals surface area contributed by atoms with Crippen LogP contribution in [0.1, 0.15) is 19.3 Å². The van der Waals surface area contributed by atoms with Crippen LogP contribution < -0.4 is 0 Å². The molecule has 0 bridgehead atoms. The number of nitriles is 1. The molecule has 0 saturated carbocycles. The molecule has 0 N–H and O–H groups in total. The molecule has 0 aromatic rings. The Morgan fingerprint density at radius 2 is 2.21 bits per heavy atom. The summed E-state index contributed by atoms with van der Waals surface area (Å²) >= 11 is 0. The summed E-state index contributed by atoms with van der Waals surface area (Å²) in [6.07, 6.45) is 7.10. The highest BCUT2D eigenvalue weighted by Gasteiger charge is 2.33. The fraction of sp³-hybridized carbons (Fsp3) is 0.636. The Bertz CT molecular complexity index is 297. The maximum absolute atomic E-state index is 11.8. The van der Waals surface area contributed by atoms with E-state index in [1.165, 1.54) is 0 Å². The molecule has 3 heteroatoms. The summed E-state index contributed by atoms with van der Waals surface area (Å²) in [5.74, 6) is 0.513. The van der Waals surface area contributed by atoms with Crippen molar-refractivity contribution in [3.05, 3.63) is 12.2 Å². The average Bonchev–Trinajstić information content (AvgIpc) is 2.17. The maximum Gasteiger partial charge on any atom is 0.226 e. The zero-order valence-electron chi connectivity index (χ0n) is 8.15. The molecule has 1 aliphatic heterocycles. The van der Waals surface area contributed by atoms with Gasteiger partial charge in [-0.3, -0.25) is 4.79 Å². The number of amides is 1. The molecule has 1 heterocycles. The van der Waals surface area contributed by atoms with E-state index in [2.05, 4.69) is 18.2 Å². The highest BCUT2D eigenvalue weighted by atomic mass is 16.2. The van der Waals surface area contributed by atoms with Gasteiger partial charge in [-0.05, 0) is 19.3 Å². The minimum Gasteiger partial charge on any atom is -0.340 e. The minimum absolute atomic E-state index is 0.0816. The number of allylic oxidation sites excluding steroid dienone is 2. The summed E-state index contributed by atoms with van der Waals surface area (Å²) < 4.78 is 0. The largest absolute Gasteiger partial charge is 0.340 e. The first-order valence-electron chi connectivity index (χ1n) is 5.14. The second-order valence-electron chi connectivity index (χ2n) is 4.05. The van der Waals surface area contributed by atoms with Crippen LogP contribution in [0.25, 0.3) is 0 Å². The average molecular weight is 190 g/mol. The van der Waals surface area contributed by atoms with Crippen LogP contribution in [0.3, 0.4) is 0 Å². The monoisotopic (exact) mass is 190 g/mol. The molecular weight excluding hydrogens is 176 g/mol. The number of likely N-dealkylation sites (tertiary alicyclic amines) is 1. The molecule has 1 saturated heterocycles. The van der Waals surface area contributed by atoms with E-state index in [-0.39, 0.29) is 17.7 Å². The summed E-state index contributed by atoms with van der Waals surface area (Å²) in [4.78, 5) is 13.6. The second-order valence-corrected chi connectivity index (χ2v) is 4.05. The van der Waals surface area contributed by atoms with E-state index in [4.69, 9.17) is 5.26 Å². The van der Waals surface area contributed by atoms with E-state index in [0.29, 0.717) is 13.1 Å². The van der Waals surface area contributed by atoms with E-state index < -0.39 is 0 Å². The third-order valence-electron chi connectivity index (χ3n) is 2.99. The Kier molecular flexibility index (Phi) is 2.53. The summed E-state index contributed by atoms with van der Waals surface area (Å²) in [6.45, 7) is 1.30. The first kappa shape index (κ1) is 9.26. The molecule has 0 radical (unpaired) electrons. The molecular formula is C11H14N2O. The number of carbonyl (C=O) groups excluding carboxylic acids is 1. The highest BCUT2D eigenvalue weighted by Crippen LogP contribution is 2.24. The van der Waals surface area contributed by atoms with Crippen molar-refractivity contribution >= 4 is 5.91 Å². The maximum atomic E-state index is 11.8. The molecule has 0 unspecified atom stereocenters. The van der Waals surface area contributed by atoms with E-state index in [1.807, 2.05) is 4.90 Å². The van der Waals surface area contributed by atoms with Crippen molar-refractivity contribution in [3.63, 3.8) is 0 Å². The number of hydrogen-bond acceptors (Lipinski definition) is 2. The van der Waals surface area contributed by atoms with E-state index in [0.717, 1.165) is 19.3 Å². The van der Waals surface area contributed by atoms with Gasteiger partial charge in [0.1, 0.15) is 0 Å². The molecule has 74 valence electrons. The quantitative estimate of drug-likeness (QED) is 0.585. The van der Waals surface area contributed by atoms with E-state index >= 15 is 0 Å². The van der Waals surface area contributed by atoms with Gasteiger partial charge < -0.3 is 4.90 Å². The zero-order chi connectivity index (χ0) is 9.97. The lowest BCUT2D eigenvalue weighted by atomic mass is 9.90. The van der Waals surface area contributed by atoms with Crippen LogP contribution in [-0.2, 0) is 4.79 Å². The lowest BCUT2D eigenvalue weighted by molar-refractivity contribution is -0.140. The molecule has 0 spiro atoms. The van der Waals surface area contributed by atoms with Gasteiger partial charge in [0.15, 0.2) is 0 Å². The molecule has 1 atom stereocenters. The Balaban J connectivity index is 1.85. The fourth-order valence-corrected chi connectivity index (χ4v) is 2.02. The smallest absolute Gasteiger partial charge is 0.226 e. The predicted octanol–water partition coefficient (Wildman–Crippen LogP) is 1.32. The van der Waals surface area contributed by atoms with Crippen LogP contribution in [0.2, 0.25) is 0 Å². The van der Waals surface area contributed by atoms with E-state index in [9.17, 15) is 4.79 Å². The number of hydrogen-bond donors (Lipinski definition) is 0. The summed E-state index contributed by atoms with van der Waals surface area (Å²) in [5, 5.41) is 8.60. The van der Waals surface area contributed by atoms with Gasteiger partial charge in [-0.25, -0.2) is 0 Å². The first-order valence-corrected chi connectivity index (χ1v) is 5.14. The lowest BCUT2D eigenvalue weighted by Gasteiger charge is -2.37. The normalized spacial score (nSPS) is 26.8. The van der Waals surface area contributed by atoms with Crippen LogP contribution in [0.15, 0.2) is 12.2 Å². The van der Waals surface area contributed by atoms with Gasteiger partial charge in [-0.2, -0.15) is 5.26 Å². The molecule has 2 aliphatic rings. The predicted molar refractivity (Wildman–Crippen MR) is 52.2 cm³/mol. The highest BCUT2D eigenvalue weighted by molar-refractivity contribution is 5.80. The van der Waals surface area contributed by atoms with Crippen molar-refractivity contribution in [1.29, 1.82) is 5.26 Å². The van der Waals surface area contributed by atoms with Gasteiger partial charge in [0, 0.05) is 19.0 Å². The van der Waals surface area contributed by atoms with Gasteiger partial charge in [-0.1, -0.05) is 12.2 Å². The lowest BCUT2D eigenvalue weighted by Crippen LogP contribution is -2.51. The molecule has 3 nitrogen and oxygen atoms in total. The Labute approximate surface area is 84.0 Å². The molecule has 1 fully saturated rings. The van der Waals surface area contributed by atoms with Crippen molar-refractivity contribution in [2.75, 3.05) is 13.1 Å². The first-order chi connectivity index (χ1) is 6.81. The third kappa shape index (κ3) is 1.65. The van der Waals surface area contributed by atoms with E-state index in [1.54, 1.807) is 0 Å². The standard InChI is InChI=1S/C11H14N2O/c12-6-9-7-13(8-9)11(14)10-4-2-1-3-5-10/h1-2,9-10H,3-5,7-8H2/t10-/m1/s1. The molecule has 2 rings (SSSR count). The van der Waals surface area contributed by atoms with Crippen molar-refractivity contribution in [1.82, 2.24) is 4.90 Å². The van der Waals surface area contributed by atoms with Crippen LogP contribution >= 0.6 is 0 Å². The van der Waals surface area contributed by atoms with Gasteiger partial charge in [-0.15, -0.1) is 0 Å². The molecule has 0 aromatic carbocycles. The topological polar surface area (TPSA) is 44.1 Å². The molecule has 1 amide bonds.